The molecule has 0 bridgehead atoms. The summed E-state index contributed by atoms with van der Waals surface area (Å²) in [5, 5.41) is 5.84. The molecular weight excluding hydrogens is 190 g/mol. The van der Waals surface area contributed by atoms with Gasteiger partial charge in [0.05, 0.1) is 6.04 Å². The lowest BCUT2D eigenvalue weighted by molar-refractivity contribution is 0.247. The van der Waals surface area contributed by atoms with Crippen LogP contribution in [0.25, 0.3) is 0 Å². The minimum absolute atomic E-state index is 0.0614. The Morgan fingerprint density at radius 2 is 2.46 bits per heavy atom. The first-order valence-corrected chi connectivity index (χ1v) is 4.30. The molecule has 1 fully saturated rings. The smallest absolute Gasteiger partial charge is 0.315 e. The molecule has 13 heavy (non-hydrogen) atoms. The second-order valence-corrected chi connectivity index (χ2v) is 3.15. The number of hydrogen-bond donors (Lipinski definition) is 2. The third kappa shape index (κ3) is 1.58. The van der Waals surface area contributed by atoms with Gasteiger partial charge in [-0.3, -0.25) is 0 Å². The summed E-state index contributed by atoms with van der Waals surface area (Å²) >= 11 is 5.86. The van der Waals surface area contributed by atoms with Crippen molar-refractivity contribution in [3.8, 4) is 0 Å². The molecule has 1 aliphatic rings. The van der Waals surface area contributed by atoms with Crippen molar-refractivity contribution in [1.82, 2.24) is 15.6 Å². The predicted molar refractivity (Wildman–Crippen MR) is 48.5 cm³/mol. The van der Waals surface area contributed by atoms with Crippen molar-refractivity contribution in [2.75, 3.05) is 6.54 Å². The fourth-order valence-electron chi connectivity index (χ4n) is 1.30. The highest BCUT2D eigenvalue weighted by molar-refractivity contribution is 6.30. The summed E-state index contributed by atoms with van der Waals surface area (Å²) in [5.74, 6) is 0. The van der Waals surface area contributed by atoms with Gasteiger partial charge in [-0.05, 0) is 6.07 Å². The van der Waals surface area contributed by atoms with Crippen molar-refractivity contribution in [3.63, 3.8) is 0 Å². The Bertz CT molecular complexity index is 342. The number of pyridine rings is 1. The summed E-state index contributed by atoms with van der Waals surface area (Å²) in [4.78, 5) is 14.8. The molecule has 4 nitrogen and oxygen atoms in total. The fraction of sp³-hybridized carbons (Fsp3) is 0.250. The predicted octanol–water partition coefficient (Wildman–Crippen LogP) is 1.09. The van der Waals surface area contributed by atoms with E-state index in [1.54, 1.807) is 12.3 Å². The van der Waals surface area contributed by atoms with E-state index in [9.17, 15) is 4.79 Å². The molecule has 0 aliphatic carbocycles. The largest absolute Gasteiger partial charge is 0.336 e. The number of urea groups is 1. The van der Waals surface area contributed by atoms with Gasteiger partial charge in [-0.15, -0.1) is 0 Å². The fourth-order valence-corrected chi connectivity index (χ4v) is 1.55. The van der Waals surface area contributed by atoms with Crippen molar-refractivity contribution >= 4 is 17.6 Å². The summed E-state index contributed by atoms with van der Waals surface area (Å²) in [7, 11) is 0. The number of carbonyl (C=O) groups excluding carboxylic acids is 1. The van der Waals surface area contributed by atoms with E-state index in [1.807, 2.05) is 6.07 Å². The number of aromatic nitrogens is 1. The van der Waals surface area contributed by atoms with E-state index in [0.29, 0.717) is 11.7 Å². The van der Waals surface area contributed by atoms with Gasteiger partial charge in [-0.2, -0.15) is 0 Å². The van der Waals surface area contributed by atoms with Gasteiger partial charge in [-0.25, -0.2) is 9.78 Å². The van der Waals surface area contributed by atoms with Gasteiger partial charge in [0.1, 0.15) is 5.15 Å². The molecule has 0 spiro atoms. The maximum atomic E-state index is 10.9. The second kappa shape index (κ2) is 3.22. The Labute approximate surface area is 80.3 Å². The average Bonchev–Trinajstić information content (AvgIpc) is 2.53. The topological polar surface area (TPSA) is 54.0 Å². The molecule has 1 aromatic heterocycles. The van der Waals surface area contributed by atoms with Gasteiger partial charge in [0.2, 0.25) is 0 Å². The van der Waals surface area contributed by atoms with Gasteiger partial charge in [0.25, 0.3) is 0 Å². The van der Waals surface area contributed by atoms with Gasteiger partial charge >= 0.3 is 6.03 Å². The number of carbonyl (C=O) groups is 1. The van der Waals surface area contributed by atoms with E-state index in [1.165, 1.54) is 0 Å². The zero-order chi connectivity index (χ0) is 9.26. The highest BCUT2D eigenvalue weighted by atomic mass is 35.5. The monoisotopic (exact) mass is 197 g/mol. The van der Waals surface area contributed by atoms with Gasteiger partial charge in [0, 0.05) is 18.3 Å². The molecule has 2 amide bonds. The van der Waals surface area contributed by atoms with Crippen LogP contribution >= 0.6 is 11.6 Å². The quantitative estimate of drug-likeness (QED) is 0.663. The number of halogens is 1. The summed E-state index contributed by atoms with van der Waals surface area (Å²) in [5.41, 5.74) is 0.850. The Kier molecular flexibility index (Phi) is 2.06. The van der Waals surface area contributed by atoms with E-state index in [-0.39, 0.29) is 12.1 Å². The van der Waals surface area contributed by atoms with Crippen LogP contribution in [0.5, 0.6) is 0 Å². The van der Waals surface area contributed by atoms with Crippen molar-refractivity contribution in [1.29, 1.82) is 0 Å². The molecule has 2 heterocycles. The maximum Gasteiger partial charge on any atom is 0.315 e. The summed E-state index contributed by atoms with van der Waals surface area (Å²) < 4.78 is 0. The molecule has 68 valence electrons. The SMILES string of the molecule is O=C1NC[C@@H](c2cccnc2Cl)N1. The lowest BCUT2D eigenvalue weighted by Gasteiger charge is -2.09. The van der Waals surface area contributed by atoms with Gasteiger partial charge < -0.3 is 10.6 Å². The molecule has 0 saturated carbocycles. The Hall–Kier alpha value is -1.29. The van der Waals surface area contributed by atoms with Crippen LogP contribution in [0.4, 0.5) is 4.79 Å². The first-order chi connectivity index (χ1) is 6.27. The molecular formula is C8H8ClN3O. The highest BCUT2D eigenvalue weighted by Gasteiger charge is 2.23. The minimum atomic E-state index is -0.162. The van der Waals surface area contributed by atoms with E-state index >= 15 is 0 Å². The van der Waals surface area contributed by atoms with Crippen LogP contribution in [-0.2, 0) is 0 Å². The third-order valence-electron chi connectivity index (χ3n) is 1.94. The van der Waals surface area contributed by atoms with Crippen LogP contribution in [0, 0.1) is 0 Å². The standard InChI is InChI=1S/C8H8ClN3O/c9-7-5(2-1-3-10-7)6-4-11-8(13)12-6/h1-3,6H,4H2,(H2,11,12,13)/t6-/m0/s1. The van der Waals surface area contributed by atoms with E-state index < -0.39 is 0 Å². The number of rotatable bonds is 1. The molecule has 1 aromatic rings. The van der Waals surface area contributed by atoms with E-state index in [2.05, 4.69) is 15.6 Å². The highest BCUT2D eigenvalue weighted by Crippen LogP contribution is 2.21. The Balaban J connectivity index is 2.26. The van der Waals surface area contributed by atoms with Crippen LogP contribution in [0.2, 0.25) is 5.15 Å². The molecule has 0 unspecified atom stereocenters. The van der Waals surface area contributed by atoms with Crippen molar-refractivity contribution in [2.24, 2.45) is 0 Å². The summed E-state index contributed by atoms with van der Waals surface area (Å²) in [6.07, 6.45) is 1.62. The van der Waals surface area contributed by atoms with Crippen molar-refractivity contribution in [2.45, 2.75) is 6.04 Å². The Morgan fingerprint density at radius 1 is 1.62 bits per heavy atom. The maximum absolute atomic E-state index is 10.9. The molecule has 0 aromatic carbocycles. The number of amides is 2. The molecule has 5 heteroatoms. The summed E-state index contributed by atoms with van der Waals surface area (Å²) in [6, 6.07) is 3.43. The van der Waals surface area contributed by atoms with E-state index in [0.717, 1.165) is 5.56 Å². The van der Waals surface area contributed by atoms with E-state index in [4.69, 9.17) is 11.6 Å². The van der Waals surface area contributed by atoms with Crippen LogP contribution in [0.15, 0.2) is 18.3 Å². The Morgan fingerprint density at radius 3 is 3.08 bits per heavy atom. The van der Waals surface area contributed by atoms with Crippen LogP contribution in [-0.4, -0.2) is 17.6 Å². The molecule has 0 radical (unpaired) electrons. The lowest BCUT2D eigenvalue weighted by atomic mass is 10.1. The van der Waals surface area contributed by atoms with Crippen LogP contribution in [0.1, 0.15) is 11.6 Å². The number of nitrogens with one attached hydrogen (secondary N) is 2. The zero-order valence-electron chi connectivity index (χ0n) is 6.75. The van der Waals surface area contributed by atoms with Crippen LogP contribution in [0.3, 0.4) is 0 Å². The normalized spacial score (nSPS) is 21.0. The van der Waals surface area contributed by atoms with Crippen molar-refractivity contribution < 1.29 is 4.79 Å². The zero-order valence-corrected chi connectivity index (χ0v) is 7.51. The molecule has 2 rings (SSSR count). The molecule has 1 aliphatic heterocycles. The molecule has 2 N–H and O–H groups in total. The molecule has 1 saturated heterocycles. The minimum Gasteiger partial charge on any atom is -0.336 e. The third-order valence-corrected chi connectivity index (χ3v) is 2.25. The van der Waals surface area contributed by atoms with Gasteiger partial charge in [0.15, 0.2) is 0 Å². The number of nitrogens with zero attached hydrogens (tertiary/aromatic N) is 1. The van der Waals surface area contributed by atoms with Gasteiger partial charge in [-0.1, -0.05) is 17.7 Å². The van der Waals surface area contributed by atoms with Crippen molar-refractivity contribution in [3.05, 3.63) is 29.0 Å². The number of hydrogen-bond acceptors (Lipinski definition) is 2. The lowest BCUT2D eigenvalue weighted by Crippen LogP contribution is -2.21. The average molecular weight is 198 g/mol. The summed E-state index contributed by atoms with van der Waals surface area (Å²) in [6.45, 7) is 0.560. The second-order valence-electron chi connectivity index (χ2n) is 2.79. The first-order valence-electron chi connectivity index (χ1n) is 3.92. The molecule has 1 atom stereocenters. The van der Waals surface area contributed by atoms with Crippen LogP contribution < -0.4 is 10.6 Å². The first kappa shape index (κ1) is 8.31.